The van der Waals surface area contributed by atoms with Crippen LogP contribution in [0, 0.1) is 0 Å². The third kappa shape index (κ3) is 3.94. The topological polar surface area (TPSA) is 67.2 Å². The second-order valence-corrected chi connectivity index (χ2v) is 10.7. The fourth-order valence-corrected chi connectivity index (χ4v) is 6.21. The molecule has 1 saturated heterocycles. The first-order chi connectivity index (χ1) is 17.8. The zero-order chi connectivity index (χ0) is 25.8. The summed E-state index contributed by atoms with van der Waals surface area (Å²) in [5, 5.41) is 1.12. The van der Waals surface area contributed by atoms with Crippen LogP contribution >= 0.6 is 0 Å². The summed E-state index contributed by atoms with van der Waals surface area (Å²) in [6, 6.07) is 14.5. The molecule has 1 atom stereocenters. The van der Waals surface area contributed by atoms with Crippen LogP contribution in [-0.2, 0) is 22.6 Å². The standard InChI is InChI=1S/C29H34N4O4/c1-18(2)31(19(3)4)12-11-30-16-28(34)32-15-25-22(14-24(32)29(30)35)21-7-5-6-8-23(21)33(25)20-9-10-26-27(13-20)37-17-36-26/h5-10,13,18-19,24H,11-12,14-17H2,1-4H3. The molecule has 8 nitrogen and oxygen atoms in total. The maximum Gasteiger partial charge on any atom is 0.246 e. The highest BCUT2D eigenvalue weighted by molar-refractivity contribution is 5.97. The summed E-state index contributed by atoms with van der Waals surface area (Å²) in [5.74, 6) is 1.52. The molecule has 6 rings (SSSR count). The first kappa shape index (κ1) is 23.9. The van der Waals surface area contributed by atoms with E-state index in [1.165, 1.54) is 0 Å². The van der Waals surface area contributed by atoms with Crippen LogP contribution in [0.5, 0.6) is 11.5 Å². The van der Waals surface area contributed by atoms with Crippen LogP contribution in [0.25, 0.3) is 16.6 Å². The Morgan fingerprint density at radius 3 is 2.51 bits per heavy atom. The Kier molecular flexibility index (Phi) is 5.87. The Morgan fingerprint density at radius 2 is 1.73 bits per heavy atom. The number of nitrogens with zero attached hydrogens (tertiary/aromatic N) is 4. The van der Waals surface area contributed by atoms with Crippen LogP contribution in [-0.4, -0.2) is 75.6 Å². The zero-order valence-electron chi connectivity index (χ0n) is 21.9. The zero-order valence-corrected chi connectivity index (χ0v) is 21.9. The predicted molar refractivity (Wildman–Crippen MR) is 141 cm³/mol. The van der Waals surface area contributed by atoms with Gasteiger partial charge in [-0.3, -0.25) is 14.5 Å². The third-order valence-electron chi connectivity index (χ3n) is 7.99. The Balaban J connectivity index is 1.34. The number of carbonyl (C=O) groups is 2. The van der Waals surface area contributed by atoms with Crippen molar-refractivity contribution in [1.29, 1.82) is 0 Å². The molecule has 8 heteroatoms. The van der Waals surface area contributed by atoms with E-state index >= 15 is 0 Å². The Morgan fingerprint density at radius 1 is 0.973 bits per heavy atom. The van der Waals surface area contributed by atoms with Crippen LogP contribution in [0.2, 0.25) is 0 Å². The van der Waals surface area contributed by atoms with Crippen molar-refractivity contribution < 1.29 is 19.1 Å². The van der Waals surface area contributed by atoms with E-state index in [0.717, 1.165) is 45.9 Å². The third-order valence-corrected chi connectivity index (χ3v) is 7.99. The normalized spacial score (nSPS) is 18.9. The molecule has 0 bridgehead atoms. The van der Waals surface area contributed by atoms with Gasteiger partial charge in [0.05, 0.1) is 18.6 Å². The second kappa shape index (κ2) is 9.10. The quantitative estimate of drug-likeness (QED) is 0.516. The van der Waals surface area contributed by atoms with Gasteiger partial charge >= 0.3 is 0 Å². The van der Waals surface area contributed by atoms with Gasteiger partial charge in [0, 0.05) is 54.4 Å². The molecule has 2 amide bonds. The molecule has 0 radical (unpaired) electrons. The van der Waals surface area contributed by atoms with Crippen LogP contribution in [0.1, 0.15) is 39.0 Å². The molecule has 3 aliphatic heterocycles. The number of piperazine rings is 1. The van der Waals surface area contributed by atoms with Crippen LogP contribution in [0.4, 0.5) is 0 Å². The number of carbonyl (C=O) groups excluding carboxylic acids is 2. The number of hydrogen-bond donors (Lipinski definition) is 0. The maximum atomic E-state index is 13.7. The molecule has 1 fully saturated rings. The fraction of sp³-hybridized carbons (Fsp3) is 0.448. The summed E-state index contributed by atoms with van der Waals surface area (Å²) >= 11 is 0. The minimum Gasteiger partial charge on any atom is -0.454 e. The van der Waals surface area contributed by atoms with Crippen molar-refractivity contribution >= 4 is 22.7 Å². The first-order valence-corrected chi connectivity index (χ1v) is 13.2. The fourth-order valence-electron chi connectivity index (χ4n) is 6.21. The number of benzene rings is 2. The summed E-state index contributed by atoms with van der Waals surface area (Å²) in [4.78, 5) is 33.0. The van der Waals surface area contributed by atoms with Gasteiger partial charge in [0.15, 0.2) is 11.5 Å². The van der Waals surface area contributed by atoms with E-state index in [-0.39, 0.29) is 25.2 Å². The van der Waals surface area contributed by atoms with Crippen molar-refractivity contribution in [3.63, 3.8) is 0 Å². The van der Waals surface area contributed by atoms with E-state index in [0.29, 0.717) is 31.6 Å². The van der Waals surface area contributed by atoms with Crippen LogP contribution < -0.4 is 9.47 Å². The first-order valence-electron chi connectivity index (χ1n) is 13.2. The van der Waals surface area contributed by atoms with Gasteiger partial charge in [0.1, 0.15) is 6.04 Å². The van der Waals surface area contributed by atoms with Gasteiger partial charge in [-0.15, -0.1) is 0 Å². The molecule has 3 aromatic rings. The molecule has 194 valence electrons. The highest BCUT2D eigenvalue weighted by Crippen LogP contribution is 2.39. The number of ether oxygens (including phenoxy) is 2. The molecule has 0 N–H and O–H groups in total. The van der Waals surface area contributed by atoms with Crippen molar-refractivity contribution in [3.05, 3.63) is 53.7 Å². The monoisotopic (exact) mass is 502 g/mol. The number of hydrogen-bond acceptors (Lipinski definition) is 5. The average molecular weight is 503 g/mol. The average Bonchev–Trinajstić information content (AvgIpc) is 3.47. The van der Waals surface area contributed by atoms with E-state index in [1.807, 2.05) is 30.3 Å². The van der Waals surface area contributed by atoms with Crippen molar-refractivity contribution in [1.82, 2.24) is 19.3 Å². The van der Waals surface area contributed by atoms with E-state index < -0.39 is 6.04 Å². The Labute approximate surface area is 217 Å². The van der Waals surface area contributed by atoms with Gasteiger partial charge < -0.3 is 23.8 Å². The molecule has 4 heterocycles. The van der Waals surface area contributed by atoms with E-state index in [2.05, 4.69) is 49.3 Å². The molecule has 2 aromatic carbocycles. The van der Waals surface area contributed by atoms with Gasteiger partial charge in [0.25, 0.3) is 0 Å². The largest absolute Gasteiger partial charge is 0.454 e. The Hall–Kier alpha value is -3.52. The lowest BCUT2D eigenvalue weighted by molar-refractivity contribution is -0.157. The SMILES string of the molecule is CC(C)N(CCN1CC(=O)N2Cc3c(c4ccccc4n3-c3ccc4c(c3)OCO4)CC2C1=O)C(C)C. The van der Waals surface area contributed by atoms with Gasteiger partial charge in [0.2, 0.25) is 18.6 Å². The van der Waals surface area contributed by atoms with Gasteiger partial charge in [-0.2, -0.15) is 0 Å². The lowest BCUT2D eigenvalue weighted by Gasteiger charge is -2.43. The molecular formula is C29H34N4O4. The van der Waals surface area contributed by atoms with Crippen LogP contribution in [0.15, 0.2) is 42.5 Å². The predicted octanol–water partition coefficient (Wildman–Crippen LogP) is 3.57. The van der Waals surface area contributed by atoms with Crippen molar-refractivity contribution in [2.45, 2.75) is 58.8 Å². The lowest BCUT2D eigenvalue weighted by atomic mass is 9.94. The molecule has 1 unspecified atom stereocenters. The van der Waals surface area contributed by atoms with Crippen molar-refractivity contribution in [2.75, 3.05) is 26.4 Å². The molecular weight excluding hydrogens is 468 g/mol. The summed E-state index contributed by atoms with van der Waals surface area (Å²) in [6.45, 7) is 10.8. The van der Waals surface area contributed by atoms with Crippen molar-refractivity contribution in [3.8, 4) is 17.2 Å². The molecule has 37 heavy (non-hydrogen) atoms. The molecule has 0 aliphatic carbocycles. The summed E-state index contributed by atoms with van der Waals surface area (Å²) in [5.41, 5.74) is 4.22. The number of rotatable bonds is 6. The summed E-state index contributed by atoms with van der Waals surface area (Å²) < 4.78 is 13.4. The number of para-hydroxylation sites is 1. The van der Waals surface area contributed by atoms with Gasteiger partial charge in [-0.1, -0.05) is 18.2 Å². The highest BCUT2D eigenvalue weighted by Gasteiger charge is 2.43. The smallest absolute Gasteiger partial charge is 0.246 e. The molecule has 0 saturated carbocycles. The Bertz CT molecular complexity index is 1370. The molecule has 0 spiro atoms. The number of fused-ring (bicyclic) bond motifs is 5. The summed E-state index contributed by atoms with van der Waals surface area (Å²) in [6.07, 6.45) is 0.520. The van der Waals surface area contributed by atoms with Crippen LogP contribution in [0.3, 0.4) is 0 Å². The van der Waals surface area contributed by atoms with Gasteiger partial charge in [-0.05, 0) is 51.5 Å². The highest BCUT2D eigenvalue weighted by atomic mass is 16.7. The number of aromatic nitrogens is 1. The van der Waals surface area contributed by atoms with E-state index in [9.17, 15) is 9.59 Å². The second-order valence-electron chi connectivity index (χ2n) is 10.7. The lowest BCUT2D eigenvalue weighted by Crippen LogP contribution is -2.62. The van der Waals surface area contributed by atoms with E-state index in [4.69, 9.17) is 9.47 Å². The maximum absolute atomic E-state index is 13.7. The van der Waals surface area contributed by atoms with Gasteiger partial charge in [-0.25, -0.2) is 0 Å². The number of amides is 2. The minimum atomic E-state index is -0.462. The molecule has 1 aromatic heterocycles. The minimum absolute atomic E-state index is 0.0124. The molecule has 3 aliphatic rings. The summed E-state index contributed by atoms with van der Waals surface area (Å²) in [7, 11) is 0. The van der Waals surface area contributed by atoms with E-state index in [1.54, 1.807) is 9.80 Å². The van der Waals surface area contributed by atoms with Crippen molar-refractivity contribution in [2.24, 2.45) is 0 Å².